The molecule has 1 aromatic carbocycles. The van der Waals surface area contributed by atoms with Gasteiger partial charge < -0.3 is 15.3 Å². The molecule has 0 saturated carbocycles. The van der Waals surface area contributed by atoms with Crippen LogP contribution in [0, 0.1) is 5.92 Å². The number of nitrogens with zero attached hydrogens (tertiary/aromatic N) is 3. The molecule has 0 bridgehead atoms. The first-order valence-corrected chi connectivity index (χ1v) is 10.0. The van der Waals surface area contributed by atoms with E-state index in [1.807, 2.05) is 0 Å². The fourth-order valence-corrected chi connectivity index (χ4v) is 3.64. The predicted octanol–water partition coefficient (Wildman–Crippen LogP) is 5.63. The van der Waals surface area contributed by atoms with Crippen molar-refractivity contribution >= 4 is 46.6 Å². The van der Waals surface area contributed by atoms with Crippen molar-refractivity contribution in [1.82, 2.24) is 9.97 Å². The third-order valence-electron chi connectivity index (χ3n) is 4.93. The summed E-state index contributed by atoms with van der Waals surface area (Å²) >= 11 is 11.8. The Kier molecular flexibility index (Phi) is 6.92. The molecule has 0 radical (unpaired) electrons. The maximum absolute atomic E-state index is 13.5. The Morgan fingerprint density at radius 2 is 1.93 bits per heavy atom. The monoisotopic (exact) mass is 462 g/mol. The van der Waals surface area contributed by atoms with E-state index in [4.69, 9.17) is 28.3 Å². The Labute approximate surface area is 181 Å². The highest BCUT2D eigenvalue weighted by atomic mass is 35.5. The van der Waals surface area contributed by atoms with Gasteiger partial charge in [-0.15, -0.1) is 0 Å². The molecule has 0 unspecified atom stereocenters. The lowest BCUT2D eigenvalue weighted by Crippen LogP contribution is -2.36. The number of rotatable bonds is 6. The molecule has 0 amide bonds. The summed E-state index contributed by atoms with van der Waals surface area (Å²) in [5, 5.41) is 12.3. The topological polar surface area (TPSA) is 78.3 Å². The highest BCUT2D eigenvalue weighted by molar-refractivity contribution is 6.42. The van der Waals surface area contributed by atoms with Gasteiger partial charge in [-0.05, 0) is 43.4 Å². The molecule has 1 aliphatic heterocycles. The summed E-state index contributed by atoms with van der Waals surface area (Å²) in [6.07, 6.45) is -2.06. The van der Waals surface area contributed by atoms with E-state index in [2.05, 4.69) is 15.3 Å². The van der Waals surface area contributed by atoms with E-state index in [1.165, 1.54) is 6.07 Å². The summed E-state index contributed by atoms with van der Waals surface area (Å²) in [7, 11) is 0. The molecule has 0 atom stereocenters. The van der Waals surface area contributed by atoms with Crippen molar-refractivity contribution in [3.8, 4) is 0 Å². The molecule has 1 fully saturated rings. The van der Waals surface area contributed by atoms with Gasteiger partial charge in [0.25, 0.3) is 0 Å². The summed E-state index contributed by atoms with van der Waals surface area (Å²) in [5.41, 5.74) is -0.423. The fourth-order valence-electron chi connectivity index (χ4n) is 3.34. The number of hydrogen-bond acceptors (Lipinski definition) is 5. The van der Waals surface area contributed by atoms with Crippen LogP contribution in [0.2, 0.25) is 10.0 Å². The molecule has 2 N–H and O–H groups in total. The first-order valence-electron chi connectivity index (χ1n) is 9.26. The second kappa shape index (κ2) is 9.26. The number of carboxylic acid groups (broad SMARTS) is 1. The Hall–Kier alpha value is -2.26. The van der Waals surface area contributed by atoms with Crippen molar-refractivity contribution in [2.45, 2.75) is 31.9 Å². The number of carbonyl (C=O) groups is 1. The number of halogens is 5. The van der Waals surface area contributed by atoms with Crippen molar-refractivity contribution in [3.63, 3.8) is 0 Å². The minimum Gasteiger partial charge on any atom is -0.481 e. The summed E-state index contributed by atoms with van der Waals surface area (Å²) in [6.45, 7) is 0.715. The molecule has 11 heteroatoms. The van der Waals surface area contributed by atoms with Gasteiger partial charge in [0.15, 0.2) is 0 Å². The van der Waals surface area contributed by atoms with Gasteiger partial charge in [-0.3, -0.25) is 4.79 Å². The van der Waals surface area contributed by atoms with Gasteiger partial charge >= 0.3 is 12.1 Å². The van der Waals surface area contributed by atoms with Crippen molar-refractivity contribution < 1.29 is 23.1 Å². The lowest BCUT2D eigenvalue weighted by molar-refractivity contribution is -0.138. The number of benzene rings is 1. The molecule has 1 aromatic heterocycles. The van der Waals surface area contributed by atoms with Gasteiger partial charge in [-0.25, -0.2) is 4.98 Å². The SMILES string of the molecule is O=C(O)CCC1CCN(c2nc(Nc3ccc(Cl)c(Cl)c3)ncc2C(F)(F)F)CC1. The Bertz CT molecular complexity index is 919. The van der Waals surface area contributed by atoms with E-state index < -0.39 is 17.7 Å². The zero-order valence-corrected chi connectivity index (χ0v) is 17.2. The Morgan fingerprint density at radius 1 is 1.23 bits per heavy atom. The lowest BCUT2D eigenvalue weighted by atomic mass is 9.92. The predicted molar refractivity (Wildman–Crippen MR) is 109 cm³/mol. The van der Waals surface area contributed by atoms with Crippen LogP contribution >= 0.6 is 23.2 Å². The van der Waals surface area contributed by atoms with E-state index in [0.29, 0.717) is 43.1 Å². The van der Waals surface area contributed by atoms with Crippen molar-refractivity contribution in [1.29, 1.82) is 0 Å². The van der Waals surface area contributed by atoms with Gasteiger partial charge in [-0.2, -0.15) is 18.2 Å². The minimum atomic E-state index is -4.60. The zero-order valence-electron chi connectivity index (χ0n) is 15.7. The van der Waals surface area contributed by atoms with Gasteiger partial charge in [0, 0.05) is 31.4 Å². The molecule has 6 nitrogen and oxygen atoms in total. The van der Waals surface area contributed by atoms with Crippen LogP contribution in [0.1, 0.15) is 31.2 Å². The van der Waals surface area contributed by atoms with Crippen LogP contribution in [0.3, 0.4) is 0 Å². The molecule has 162 valence electrons. The van der Waals surface area contributed by atoms with E-state index in [-0.39, 0.29) is 29.1 Å². The molecule has 0 spiro atoms. The van der Waals surface area contributed by atoms with Gasteiger partial charge in [-0.1, -0.05) is 23.2 Å². The number of aromatic nitrogens is 2. The van der Waals surface area contributed by atoms with Crippen LogP contribution in [-0.2, 0) is 11.0 Å². The maximum Gasteiger partial charge on any atom is 0.421 e. The van der Waals surface area contributed by atoms with E-state index in [0.717, 1.165) is 6.20 Å². The van der Waals surface area contributed by atoms with Crippen molar-refractivity contribution in [3.05, 3.63) is 40.0 Å². The molecule has 2 aromatic rings. The van der Waals surface area contributed by atoms with Crippen LogP contribution in [0.25, 0.3) is 0 Å². The Balaban J connectivity index is 1.80. The highest BCUT2D eigenvalue weighted by Gasteiger charge is 2.37. The van der Waals surface area contributed by atoms with Crippen LogP contribution in [0.4, 0.5) is 30.6 Å². The normalized spacial score (nSPS) is 15.3. The summed E-state index contributed by atoms with van der Waals surface area (Å²) < 4.78 is 40.6. The number of anilines is 3. The molecule has 1 aliphatic rings. The third-order valence-corrected chi connectivity index (χ3v) is 5.67. The smallest absolute Gasteiger partial charge is 0.421 e. The van der Waals surface area contributed by atoms with Crippen LogP contribution in [0.5, 0.6) is 0 Å². The molecule has 2 heterocycles. The summed E-state index contributed by atoms with van der Waals surface area (Å²) in [4.78, 5) is 20.2. The fraction of sp³-hybridized carbons (Fsp3) is 0.421. The standard InChI is InChI=1S/C19H19Cl2F3N4O2/c20-14-3-2-12(9-15(14)21)26-18-25-10-13(19(22,23)24)17(27-18)28-7-5-11(6-8-28)1-4-16(29)30/h2-3,9-11H,1,4-8H2,(H,29,30)(H,25,26,27). The lowest BCUT2D eigenvalue weighted by Gasteiger charge is -2.34. The number of piperidine rings is 1. The molecule has 0 aliphatic carbocycles. The first-order chi connectivity index (χ1) is 14.1. The van der Waals surface area contributed by atoms with Crippen molar-refractivity contribution in [2.24, 2.45) is 5.92 Å². The quantitative estimate of drug-likeness (QED) is 0.579. The van der Waals surface area contributed by atoms with E-state index >= 15 is 0 Å². The number of nitrogens with one attached hydrogen (secondary N) is 1. The van der Waals surface area contributed by atoms with Gasteiger partial charge in [0.2, 0.25) is 5.95 Å². The molecular formula is C19H19Cl2F3N4O2. The van der Waals surface area contributed by atoms with Crippen LogP contribution in [-0.4, -0.2) is 34.1 Å². The second-order valence-electron chi connectivity index (χ2n) is 7.05. The first kappa shape index (κ1) is 22.4. The molecule has 1 saturated heterocycles. The summed E-state index contributed by atoms with van der Waals surface area (Å²) in [6, 6.07) is 4.69. The molecular weight excluding hydrogens is 444 g/mol. The zero-order chi connectivity index (χ0) is 21.9. The van der Waals surface area contributed by atoms with Crippen LogP contribution in [0.15, 0.2) is 24.4 Å². The summed E-state index contributed by atoms with van der Waals surface area (Å²) in [5.74, 6) is -0.894. The minimum absolute atomic E-state index is 0.00406. The average Bonchev–Trinajstić information content (AvgIpc) is 2.69. The maximum atomic E-state index is 13.5. The molecule has 3 rings (SSSR count). The highest BCUT2D eigenvalue weighted by Crippen LogP contribution is 2.37. The number of alkyl halides is 3. The number of carboxylic acids is 1. The largest absolute Gasteiger partial charge is 0.481 e. The van der Waals surface area contributed by atoms with E-state index in [9.17, 15) is 18.0 Å². The number of aliphatic carboxylic acids is 1. The van der Waals surface area contributed by atoms with Crippen LogP contribution < -0.4 is 10.2 Å². The number of hydrogen-bond donors (Lipinski definition) is 2. The van der Waals surface area contributed by atoms with Gasteiger partial charge in [0.1, 0.15) is 11.4 Å². The Morgan fingerprint density at radius 3 is 2.53 bits per heavy atom. The average molecular weight is 463 g/mol. The molecule has 30 heavy (non-hydrogen) atoms. The second-order valence-corrected chi connectivity index (χ2v) is 7.86. The van der Waals surface area contributed by atoms with Crippen molar-refractivity contribution in [2.75, 3.05) is 23.3 Å². The van der Waals surface area contributed by atoms with Gasteiger partial charge in [0.05, 0.1) is 10.0 Å². The van der Waals surface area contributed by atoms with E-state index in [1.54, 1.807) is 17.0 Å². The third kappa shape index (κ3) is 5.66.